The Kier molecular flexibility index (Phi) is 2.92. The first-order valence-corrected chi connectivity index (χ1v) is 7.21. The molecule has 0 radical (unpaired) electrons. The summed E-state index contributed by atoms with van der Waals surface area (Å²) in [6.45, 7) is 8.14. The maximum atomic E-state index is 12.2. The molecule has 2 aliphatic heterocycles. The van der Waals surface area contributed by atoms with Crippen LogP contribution in [0.15, 0.2) is 24.3 Å². The summed E-state index contributed by atoms with van der Waals surface area (Å²) in [5.41, 5.74) is 2.18. The summed E-state index contributed by atoms with van der Waals surface area (Å²) in [6.07, 6.45) is 0.801. The molecule has 0 aliphatic carbocycles. The number of para-hydroxylation sites is 1. The van der Waals surface area contributed by atoms with Gasteiger partial charge in [-0.15, -0.1) is 0 Å². The third kappa shape index (κ3) is 2.23. The largest absolute Gasteiger partial charge is 0.444 e. The van der Waals surface area contributed by atoms with Crippen LogP contribution in [0.1, 0.15) is 32.8 Å². The number of fused-ring (bicyclic) bond motifs is 2. The molecule has 2 heterocycles. The molecular weight excluding hydrogens is 252 g/mol. The lowest BCUT2D eigenvalue weighted by Gasteiger charge is -2.27. The molecule has 4 heteroatoms. The van der Waals surface area contributed by atoms with Gasteiger partial charge in [0.25, 0.3) is 0 Å². The maximum Gasteiger partial charge on any atom is 0.410 e. The quantitative estimate of drug-likeness (QED) is 0.790. The molecule has 1 spiro atoms. The van der Waals surface area contributed by atoms with Gasteiger partial charge in [-0.1, -0.05) is 18.2 Å². The van der Waals surface area contributed by atoms with Crippen LogP contribution in [-0.2, 0) is 10.2 Å². The standard InChI is InChI=1S/C16H22N2O2/c1-15(2,3)20-14(19)18-9-8-16(11-18)10-17-13-7-5-4-6-12(13)16/h4-7,17H,8-11H2,1-3H3/t16-/m1/s1. The van der Waals surface area contributed by atoms with Crippen LogP contribution in [0.2, 0.25) is 0 Å². The monoisotopic (exact) mass is 274 g/mol. The zero-order valence-electron chi connectivity index (χ0n) is 12.4. The molecule has 0 unspecified atom stereocenters. The molecule has 108 valence electrons. The summed E-state index contributed by atoms with van der Waals surface area (Å²) < 4.78 is 5.48. The third-order valence-corrected chi connectivity index (χ3v) is 4.12. The summed E-state index contributed by atoms with van der Waals surface area (Å²) in [5.74, 6) is 0. The molecule has 4 nitrogen and oxygen atoms in total. The predicted octanol–water partition coefficient (Wildman–Crippen LogP) is 2.99. The topological polar surface area (TPSA) is 41.6 Å². The number of benzene rings is 1. The smallest absolute Gasteiger partial charge is 0.410 e. The van der Waals surface area contributed by atoms with Crippen LogP contribution in [-0.4, -0.2) is 36.2 Å². The predicted molar refractivity (Wildman–Crippen MR) is 79.0 cm³/mol. The van der Waals surface area contributed by atoms with Crippen molar-refractivity contribution >= 4 is 11.8 Å². The fourth-order valence-corrected chi connectivity index (χ4v) is 3.18. The lowest BCUT2D eigenvalue weighted by atomic mass is 9.82. The molecular formula is C16H22N2O2. The van der Waals surface area contributed by atoms with Gasteiger partial charge < -0.3 is 15.0 Å². The second-order valence-corrected chi connectivity index (χ2v) is 6.83. The van der Waals surface area contributed by atoms with Gasteiger partial charge in [0, 0.05) is 30.7 Å². The average Bonchev–Trinajstić information content (AvgIpc) is 2.95. The number of amides is 1. The molecule has 20 heavy (non-hydrogen) atoms. The van der Waals surface area contributed by atoms with Gasteiger partial charge in [-0.3, -0.25) is 0 Å². The molecule has 1 aromatic rings. The van der Waals surface area contributed by atoms with E-state index in [1.165, 1.54) is 11.3 Å². The van der Waals surface area contributed by atoms with E-state index in [9.17, 15) is 4.79 Å². The number of likely N-dealkylation sites (tertiary alicyclic amines) is 1. The molecule has 2 aliphatic rings. The van der Waals surface area contributed by atoms with E-state index in [1.54, 1.807) is 0 Å². The molecule has 1 aromatic carbocycles. The molecule has 1 fully saturated rings. The van der Waals surface area contributed by atoms with Crippen molar-refractivity contribution in [1.29, 1.82) is 0 Å². The minimum Gasteiger partial charge on any atom is -0.444 e. The number of hydrogen-bond acceptors (Lipinski definition) is 3. The van der Waals surface area contributed by atoms with Crippen molar-refractivity contribution in [2.75, 3.05) is 25.0 Å². The van der Waals surface area contributed by atoms with Gasteiger partial charge >= 0.3 is 6.09 Å². The van der Waals surface area contributed by atoms with Crippen LogP contribution in [0.3, 0.4) is 0 Å². The summed E-state index contributed by atoms with van der Waals surface area (Å²) >= 11 is 0. The number of rotatable bonds is 0. The van der Waals surface area contributed by atoms with Crippen molar-refractivity contribution in [1.82, 2.24) is 4.90 Å². The number of ether oxygens (including phenoxy) is 1. The van der Waals surface area contributed by atoms with Crippen LogP contribution in [0, 0.1) is 0 Å². The fraction of sp³-hybridized carbons (Fsp3) is 0.562. The van der Waals surface area contributed by atoms with Crippen LogP contribution in [0.5, 0.6) is 0 Å². The third-order valence-electron chi connectivity index (χ3n) is 4.12. The Morgan fingerprint density at radius 1 is 1.35 bits per heavy atom. The van der Waals surface area contributed by atoms with Gasteiger partial charge in [-0.05, 0) is 38.8 Å². The summed E-state index contributed by atoms with van der Waals surface area (Å²) in [7, 11) is 0. The number of hydrogen-bond donors (Lipinski definition) is 1. The number of carbonyl (C=O) groups is 1. The Bertz CT molecular complexity index is 536. The van der Waals surface area contributed by atoms with Crippen molar-refractivity contribution in [2.45, 2.75) is 38.2 Å². The Balaban J connectivity index is 1.76. The average molecular weight is 274 g/mol. The van der Waals surface area contributed by atoms with Crippen molar-refractivity contribution in [3.05, 3.63) is 29.8 Å². The van der Waals surface area contributed by atoms with Gasteiger partial charge in [-0.2, -0.15) is 0 Å². The fourth-order valence-electron chi connectivity index (χ4n) is 3.18. The Hall–Kier alpha value is -1.71. The molecule has 0 aromatic heterocycles. The van der Waals surface area contributed by atoms with Crippen LogP contribution >= 0.6 is 0 Å². The SMILES string of the molecule is CC(C)(C)OC(=O)N1CC[C@@]2(CNc3ccccc32)C1. The lowest BCUT2D eigenvalue weighted by molar-refractivity contribution is 0.0285. The molecule has 0 bridgehead atoms. The van der Waals surface area contributed by atoms with Crippen molar-refractivity contribution in [3.8, 4) is 0 Å². The lowest BCUT2D eigenvalue weighted by Crippen LogP contribution is -2.38. The molecule has 1 saturated heterocycles. The normalized spacial score (nSPS) is 24.6. The van der Waals surface area contributed by atoms with Crippen molar-refractivity contribution in [3.63, 3.8) is 0 Å². The van der Waals surface area contributed by atoms with E-state index in [-0.39, 0.29) is 11.5 Å². The number of nitrogens with one attached hydrogen (secondary N) is 1. The van der Waals surface area contributed by atoms with Gasteiger partial charge in [0.05, 0.1) is 0 Å². The number of carbonyl (C=O) groups excluding carboxylic acids is 1. The number of anilines is 1. The van der Waals surface area contributed by atoms with E-state index >= 15 is 0 Å². The first kappa shape index (κ1) is 13.3. The Morgan fingerprint density at radius 3 is 2.85 bits per heavy atom. The highest BCUT2D eigenvalue weighted by atomic mass is 16.6. The van der Waals surface area contributed by atoms with E-state index in [2.05, 4.69) is 23.5 Å². The molecule has 3 rings (SSSR count). The first-order chi connectivity index (χ1) is 9.40. The van der Waals surface area contributed by atoms with Crippen LogP contribution in [0.25, 0.3) is 0 Å². The van der Waals surface area contributed by atoms with E-state index in [0.717, 1.165) is 26.1 Å². The van der Waals surface area contributed by atoms with Gasteiger partial charge in [0.15, 0.2) is 0 Å². The zero-order chi connectivity index (χ0) is 14.4. The number of nitrogens with zero attached hydrogens (tertiary/aromatic N) is 1. The summed E-state index contributed by atoms with van der Waals surface area (Å²) in [6, 6.07) is 8.41. The van der Waals surface area contributed by atoms with Gasteiger partial charge in [-0.25, -0.2) is 4.79 Å². The highest BCUT2D eigenvalue weighted by Gasteiger charge is 2.46. The van der Waals surface area contributed by atoms with Crippen LogP contribution < -0.4 is 5.32 Å². The summed E-state index contributed by atoms with van der Waals surface area (Å²) in [5, 5.41) is 3.46. The van der Waals surface area contributed by atoms with Crippen molar-refractivity contribution < 1.29 is 9.53 Å². The van der Waals surface area contributed by atoms with Crippen LogP contribution in [0.4, 0.5) is 10.5 Å². The Labute approximate surface area is 120 Å². The molecule has 1 atom stereocenters. The van der Waals surface area contributed by atoms with Crippen molar-refractivity contribution in [2.24, 2.45) is 0 Å². The second kappa shape index (κ2) is 4.40. The van der Waals surface area contributed by atoms with E-state index in [4.69, 9.17) is 4.74 Å². The minimum absolute atomic E-state index is 0.0630. The maximum absolute atomic E-state index is 12.2. The molecule has 1 amide bonds. The van der Waals surface area contributed by atoms with E-state index in [1.807, 2.05) is 31.7 Å². The highest BCUT2D eigenvalue weighted by Crippen LogP contribution is 2.43. The zero-order valence-corrected chi connectivity index (χ0v) is 12.4. The van der Waals surface area contributed by atoms with E-state index in [0.29, 0.717) is 0 Å². The first-order valence-electron chi connectivity index (χ1n) is 7.21. The van der Waals surface area contributed by atoms with Gasteiger partial charge in [0.1, 0.15) is 5.60 Å². The van der Waals surface area contributed by atoms with Gasteiger partial charge in [0.2, 0.25) is 0 Å². The molecule has 1 N–H and O–H groups in total. The second-order valence-electron chi connectivity index (χ2n) is 6.83. The molecule has 0 saturated carbocycles. The minimum atomic E-state index is -0.432. The van der Waals surface area contributed by atoms with E-state index < -0.39 is 5.60 Å². The highest BCUT2D eigenvalue weighted by molar-refractivity contribution is 5.70. The summed E-state index contributed by atoms with van der Waals surface area (Å²) in [4.78, 5) is 14.0. The Morgan fingerprint density at radius 2 is 2.10 bits per heavy atom.